The smallest absolute Gasteiger partial charge is 0.343 e. The normalized spacial score (nSPS) is 12.9. The quantitative estimate of drug-likeness (QED) is 0.293. The Balaban J connectivity index is 2.86. The Bertz CT molecular complexity index is 712. The summed E-state index contributed by atoms with van der Waals surface area (Å²) in [5.41, 5.74) is 0.238. The van der Waals surface area contributed by atoms with Crippen LogP contribution in [0.15, 0.2) is 40.9 Å². The third kappa shape index (κ3) is 7.31. The summed E-state index contributed by atoms with van der Waals surface area (Å²) in [5, 5.41) is 12.8. The van der Waals surface area contributed by atoms with Gasteiger partial charge in [0.1, 0.15) is 23.9 Å². The lowest BCUT2D eigenvalue weighted by Gasteiger charge is -2.11. The van der Waals surface area contributed by atoms with Gasteiger partial charge in [-0.15, -0.1) is 0 Å². The SMILES string of the molecule is CCOC(=O)/C(C=NCC(=O)N[C@@H](C)C(=O)OCC)=C(/O)c1ccccc1. The molecule has 0 saturated heterocycles. The van der Waals surface area contributed by atoms with E-state index in [0.29, 0.717) is 5.56 Å². The molecule has 0 saturated carbocycles. The van der Waals surface area contributed by atoms with Crippen LogP contribution in [0, 0.1) is 0 Å². The highest BCUT2D eigenvalue weighted by atomic mass is 16.5. The summed E-state index contributed by atoms with van der Waals surface area (Å²) in [6, 6.07) is 7.60. The molecule has 27 heavy (non-hydrogen) atoms. The Morgan fingerprint density at radius 1 is 1.15 bits per heavy atom. The molecule has 1 aromatic carbocycles. The number of aliphatic hydroxyl groups excluding tert-OH is 1. The molecule has 1 amide bonds. The predicted octanol–water partition coefficient (Wildman–Crippen LogP) is 1.66. The highest BCUT2D eigenvalue weighted by Crippen LogP contribution is 2.15. The largest absolute Gasteiger partial charge is 0.506 e. The number of amides is 1. The average molecular weight is 376 g/mol. The van der Waals surface area contributed by atoms with Crippen molar-refractivity contribution in [2.75, 3.05) is 19.8 Å². The minimum absolute atomic E-state index is 0.121. The number of nitrogens with one attached hydrogen (secondary N) is 1. The molecular weight excluding hydrogens is 352 g/mol. The molecule has 0 aromatic heterocycles. The van der Waals surface area contributed by atoms with Gasteiger partial charge in [0, 0.05) is 11.8 Å². The molecule has 1 rings (SSSR count). The van der Waals surface area contributed by atoms with E-state index in [2.05, 4.69) is 10.3 Å². The minimum Gasteiger partial charge on any atom is -0.506 e. The Morgan fingerprint density at radius 3 is 2.37 bits per heavy atom. The molecule has 2 N–H and O–H groups in total. The molecule has 1 aromatic rings. The van der Waals surface area contributed by atoms with Crippen molar-refractivity contribution in [1.82, 2.24) is 5.32 Å². The van der Waals surface area contributed by atoms with Crippen molar-refractivity contribution in [2.24, 2.45) is 4.99 Å². The van der Waals surface area contributed by atoms with Gasteiger partial charge in [0.2, 0.25) is 5.91 Å². The summed E-state index contributed by atoms with van der Waals surface area (Å²) < 4.78 is 9.71. The first-order chi connectivity index (χ1) is 12.9. The molecule has 0 aliphatic carbocycles. The first-order valence-electron chi connectivity index (χ1n) is 8.52. The van der Waals surface area contributed by atoms with Gasteiger partial charge >= 0.3 is 11.9 Å². The first kappa shape index (κ1) is 21.9. The van der Waals surface area contributed by atoms with E-state index in [1.165, 1.54) is 6.92 Å². The highest BCUT2D eigenvalue weighted by Gasteiger charge is 2.18. The molecule has 8 heteroatoms. The summed E-state index contributed by atoms with van der Waals surface area (Å²) in [6.45, 7) is 4.79. The lowest BCUT2D eigenvalue weighted by molar-refractivity contribution is -0.146. The van der Waals surface area contributed by atoms with E-state index >= 15 is 0 Å². The van der Waals surface area contributed by atoms with Gasteiger partial charge in [-0.1, -0.05) is 30.3 Å². The number of benzene rings is 1. The molecular formula is C19H24N2O6. The Kier molecular flexibility index (Phi) is 9.28. The summed E-state index contributed by atoms with van der Waals surface area (Å²) in [4.78, 5) is 39.3. The van der Waals surface area contributed by atoms with Crippen molar-refractivity contribution in [3.8, 4) is 0 Å². The van der Waals surface area contributed by atoms with Crippen LogP contribution in [0.4, 0.5) is 0 Å². The zero-order valence-electron chi connectivity index (χ0n) is 15.6. The van der Waals surface area contributed by atoms with E-state index in [1.807, 2.05) is 0 Å². The van der Waals surface area contributed by atoms with Crippen molar-refractivity contribution in [2.45, 2.75) is 26.8 Å². The fourth-order valence-corrected chi connectivity index (χ4v) is 2.00. The molecule has 8 nitrogen and oxygen atoms in total. The zero-order valence-corrected chi connectivity index (χ0v) is 15.6. The highest BCUT2D eigenvalue weighted by molar-refractivity contribution is 6.15. The molecule has 0 heterocycles. The lowest BCUT2D eigenvalue weighted by Crippen LogP contribution is -2.40. The second-order valence-corrected chi connectivity index (χ2v) is 5.36. The van der Waals surface area contributed by atoms with Gasteiger partial charge in [0.05, 0.1) is 13.2 Å². The number of aliphatic imine (C=N–C) groups is 1. The number of esters is 2. The van der Waals surface area contributed by atoms with Crippen molar-refractivity contribution in [3.63, 3.8) is 0 Å². The molecule has 0 aliphatic heterocycles. The predicted molar refractivity (Wildman–Crippen MR) is 100 cm³/mol. The monoisotopic (exact) mass is 376 g/mol. The third-order valence-corrected chi connectivity index (χ3v) is 3.27. The number of nitrogens with zero attached hydrogens (tertiary/aromatic N) is 1. The van der Waals surface area contributed by atoms with Gasteiger partial charge in [-0.2, -0.15) is 0 Å². The van der Waals surface area contributed by atoms with Crippen molar-refractivity contribution >= 4 is 29.8 Å². The number of rotatable bonds is 9. The van der Waals surface area contributed by atoms with Crippen LogP contribution in [-0.4, -0.2) is 55.0 Å². The van der Waals surface area contributed by atoms with Crippen molar-refractivity contribution in [3.05, 3.63) is 41.5 Å². The first-order valence-corrected chi connectivity index (χ1v) is 8.52. The maximum atomic E-state index is 12.1. The molecule has 0 fully saturated rings. The lowest BCUT2D eigenvalue weighted by atomic mass is 10.1. The minimum atomic E-state index is -0.814. The molecule has 0 spiro atoms. The molecule has 0 unspecified atom stereocenters. The van der Waals surface area contributed by atoms with Crippen LogP contribution in [0.5, 0.6) is 0 Å². The second-order valence-electron chi connectivity index (χ2n) is 5.36. The van der Waals surface area contributed by atoms with Gasteiger partial charge in [-0.25, -0.2) is 9.59 Å². The van der Waals surface area contributed by atoms with E-state index in [0.717, 1.165) is 6.21 Å². The van der Waals surface area contributed by atoms with Gasteiger partial charge in [0.25, 0.3) is 0 Å². The van der Waals surface area contributed by atoms with Gasteiger partial charge in [-0.05, 0) is 20.8 Å². The van der Waals surface area contributed by atoms with Crippen LogP contribution in [0.25, 0.3) is 5.76 Å². The summed E-state index contributed by atoms with van der Waals surface area (Å²) >= 11 is 0. The maximum absolute atomic E-state index is 12.1. The zero-order chi connectivity index (χ0) is 20.2. The van der Waals surface area contributed by atoms with Crippen molar-refractivity contribution < 1.29 is 29.0 Å². The molecule has 0 radical (unpaired) electrons. The summed E-state index contributed by atoms with van der Waals surface area (Å²) in [5.74, 6) is -2.15. The average Bonchev–Trinajstić information content (AvgIpc) is 2.65. The van der Waals surface area contributed by atoms with Crippen LogP contribution in [-0.2, 0) is 23.9 Å². The number of carbonyl (C=O) groups excluding carboxylic acids is 3. The van der Waals surface area contributed by atoms with Crippen molar-refractivity contribution in [1.29, 1.82) is 0 Å². The topological polar surface area (TPSA) is 114 Å². The fourth-order valence-electron chi connectivity index (χ4n) is 2.00. The second kappa shape index (κ2) is 11.5. The molecule has 0 aliphatic rings. The van der Waals surface area contributed by atoms with Gasteiger partial charge in [-0.3, -0.25) is 9.79 Å². The number of carbonyl (C=O) groups is 3. The Labute approximate surface area is 157 Å². The molecule has 146 valence electrons. The van der Waals surface area contributed by atoms with Crippen LogP contribution < -0.4 is 5.32 Å². The van der Waals surface area contributed by atoms with Gasteiger partial charge < -0.3 is 19.9 Å². The number of hydrogen-bond acceptors (Lipinski definition) is 7. The van der Waals surface area contributed by atoms with Crippen LogP contribution in [0.2, 0.25) is 0 Å². The van der Waals surface area contributed by atoms with E-state index in [4.69, 9.17) is 9.47 Å². The van der Waals surface area contributed by atoms with E-state index in [9.17, 15) is 19.5 Å². The van der Waals surface area contributed by atoms with Crippen LogP contribution in [0.1, 0.15) is 26.3 Å². The third-order valence-electron chi connectivity index (χ3n) is 3.27. The standard InChI is InChI=1S/C19H24N2O6/c1-4-26-18(24)13(3)21-16(22)12-20-11-15(19(25)27-5-2)17(23)14-9-7-6-8-10-14/h6-11,13,23H,4-5,12H2,1-3H3,(H,21,22)/b17-15+,20-11?/t13-/m0/s1. The van der Waals surface area contributed by atoms with E-state index < -0.39 is 23.9 Å². The number of hydrogen-bond donors (Lipinski definition) is 2. The number of ether oxygens (including phenoxy) is 2. The maximum Gasteiger partial charge on any atom is 0.343 e. The van der Waals surface area contributed by atoms with Gasteiger partial charge in [0.15, 0.2) is 0 Å². The summed E-state index contributed by atoms with van der Waals surface area (Å²) in [7, 11) is 0. The Morgan fingerprint density at radius 2 is 1.78 bits per heavy atom. The van der Waals surface area contributed by atoms with Crippen LogP contribution >= 0.6 is 0 Å². The fraction of sp³-hybridized carbons (Fsp3) is 0.368. The molecule has 1 atom stereocenters. The van der Waals surface area contributed by atoms with E-state index in [1.54, 1.807) is 44.2 Å². The summed E-state index contributed by atoms with van der Waals surface area (Å²) in [6.07, 6.45) is 1.08. The Hall–Kier alpha value is -3.16. The van der Waals surface area contributed by atoms with E-state index in [-0.39, 0.29) is 31.1 Å². The van der Waals surface area contributed by atoms with Crippen LogP contribution in [0.3, 0.4) is 0 Å². The molecule has 0 bridgehead atoms. The number of aliphatic hydroxyl groups is 1.